The molecule has 1 fully saturated rings. The van der Waals surface area contributed by atoms with Crippen LogP contribution >= 0.6 is 0 Å². The van der Waals surface area contributed by atoms with Crippen LogP contribution in [0.4, 0.5) is 0 Å². The fraction of sp³-hybridized carbons (Fsp3) is 0.333. The van der Waals surface area contributed by atoms with E-state index in [2.05, 4.69) is 10.9 Å². The lowest BCUT2D eigenvalue weighted by atomic mass is 10.2. The number of aryl methyl sites for hydroxylation is 1. The molecule has 3 rings (SSSR count). The van der Waals surface area contributed by atoms with Crippen molar-refractivity contribution in [3.8, 4) is 0 Å². The number of amides is 2. The quantitative estimate of drug-likeness (QED) is 0.694. The monoisotopic (exact) mass is 406 g/mol. The minimum atomic E-state index is -3.54. The van der Waals surface area contributed by atoms with Crippen molar-refractivity contribution in [3.05, 3.63) is 54.0 Å². The molecule has 1 aliphatic heterocycles. The largest absolute Gasteiger partial charge is 0.459 e. The molecule has 2 heterocycles. The average Bonchev–Trinajstić information content (AvgIpc) is 3.22. The standard InChI is InChI=1S/C18H22N4O5S/c1-14-4-6-15(7-5-14)28(25,26)22-10-8-21(9-11-22)13-17(23)19-20-18(24)16-3-2-12-27-16/h2-7,12H,8-11,13H2,1H3,(H,19,23)(H,20,24). The average molecular weight is 406 g/mol. The van der Waals surface area contributed by atoms with Gasteiger partial charge in [0.15, 0.2) is 5.76 Å². The number of carbonyl (C=O) groups is 2. The molecule has 28 heavy (non-hydrogen) atoms. The van der Waals surface area contributed by atoms with Crippen molar-refractivity contribution in [2.45, 2.75) is 11.8 Å². The second-order valence-electron chi connectivity index (χ2n) is 6.47. The number of furan rings is 1. The molecule has 2 aromatic rings. The van der Waals surface area contributed by atoms with Gasteiger partial charge in [-0.2, -0.15) is 4.31 Å². The van der Waals surface area contributed by atoms with Crippen molar-refractivity contribution in [2.75, 3.05) is 32.7 Å². The molecule has 2 amide bonds. The normalized spacial score (nSPS) is 15.9. The van der Waals surface area contributed by atoms with Gasteiger partial charge >= 0.3 is 5.91 Å². The number of sulfonamides is 1. The van der Waals surface area contributed by atoms with Crippen molar-refractivity contribution < 1.29 is 22.4 Å². The minimum Gasteiger partial charge on any atom is -0.459 e. The molecule has 1 aromatic heterocycles. The third-order valence-electron chi connectivity index (χ3n) is 4.42. The van der Waals surface area contributed by atoms with Crippen molar-refractivity contribution in [3.63, 3.8) is 0 Å². The zero-order valence-electron chi connectivity index (χ0n) is 15.4. The highest BCUT2D eigenvalue weighted by Crippen LogP contribution is 2.18. The van der Waals surface area contributed by atoms with Crippen LogP contribution in [0.3, 0.4) is 0 Å². The highest BCUT2D eigenvalue weighted by molar-refractivity contribution is 7.89. The van der Waals surface area contributed by atoms with Crippen LogP contribution in [-0.2, 0) is 14.8 Å². The molecule has 150 valence electrons. The van der Waals surface area contributed by atoms with Gasteiger partial charge in [0.05, 0.1) is 17.7 Å². The maximum atomic E-state index is 12.7. The topological polar surface area (TPSA) is 112 Å². The smallest absolute Gasteiger partial charge is 0.305 e. The Kier molecular flexibility index (Phi) is 6.12. The van der Waals surface area contributed by atoms with Gasteiger partial charge in [0, 0.05) is 26.2 Å². The number of rotatable bonds is 5. The molecule has 0 radical (unpaired) electrons. The number of piperazine rings is 1. The van der Waals surface area contributed by atoms with Crippen LogP contribution in [0.25, 0.3) is 0 Å². The van der Waals surface area contributed by atoms with Gasteiger partial charge < -0.3 is 4.42 Å². The Morgan fingerprint density at radius 2 is 1.71 bits per heavy atom. The van der Waals surface area contributed by atoms with Crippen LogP contribution < -0.4 is 10.9 Å². The Morgan fingerprint density at radius 1 is 1.04 bits per heavy atom. The molecule has 1 aromatic carbocycles. The zero-order valence-corrected chi connectivity index (χ0v) is 16.2. The summed E-state index contributed by atoms with van der Waals surface area (Å²) in [4.78, 5) is 25.8. The van der Waals surface area contributed by atoms with Gasteiger partial charge in [-0.25, -0.2) is 8.42 Å². The fourth-order valence-electron chi connectivity index (χ4n) is 2.83. The molecular formula is C18H22N4O5S. The van der Waals surface area contributed by atoms with Crippen molar-refractivity contribution in [2.24, 2.45) is 0 Å². The molecule has 0 bridgehead atoms. The van der Waals surface area contributed by atoms with Crippen LogP contribution in [0, 0.1) is 6.92 Å². The Balaban J connectivity index is 1.46. The van der Waals surface area contributed by atoms with Gasteiger partial charge in [-0.1, -0.05) is 17.7 Å². The molecule has 0 atom stereocenters. The number of benzene rings is 1. The van der Waals surface area contributed by atoms with E-state index in [0.29, 0.717) is 26.2 Å². The van der Waals surface area contributed by atoms with Gasteiger partial charge in [-0.3, -0.25) is 25.3 Å². The van der Waals surface area contributed by atoms with Crippen molar-refractivity contribution in [1.29, 1.82) is 0 Å². The predicted octanol–water partition coefficient (Wildman–Crippen LogP) is 0.356. The summed E-state index contributed by atoms with van der Waals surface area (Å²) in [6.07, 6.45) is 1.36. The maximum Gasteiger partial charge on any atom is 0.305 e. The van der Waals surface area contributed by atoms with Crippen LogP contribution in [0.2, 0.25) is 0 Å². The Morgan fingerprint density at radius 3 is 2.32 bits per heavy atom. The summed E-state index contributed by atoms with van der Waals surface area (Å²) in [5.74, 6) is -0.850. The van der Waals surface area contributed by atoms with Crippen LogP contribution in [0.15, 0.2) is 52.0 Å². The van der Waals surface area contributed by atoms with E-state index in [-0.39, 0.29) is 17.2 Å². The van der Waals surface area contributed by atoms with E-state index < -0.39 is 21.8 Å². The predicted molar refractivity (Wildman–Crippen MR) is 101 cm³/mol. The Bertz CT molecular complexity index is 917. The number of hydrogen-bond donors (Lipinski definition) is 2. The van der Waals surface area contributed by atoms with E-state index in [9.17, 15) is 18.0 Å². The summed E-state index contributed by atoms with van der Waals surface area (Å²) in [5.41, 5.74) is 5.58. The lowest BCUT2D eigenvalue weighted by molar-refractivity contribution is -0.123. The zero-order chi connectivity index (χ0) is 20.1. The van der Waals surface area contributed by atoms with E-state index in [0.717, 1.165) is 5.56 Å². The van der Waals surface area contributed by atoms with Gasteiger partial charge in [0.1, 0.15) is 0 Å². The maximum absolute atomic E-state index is 12.7. The Hall–Kier alpha value is -2.69. The SMILES string of the molecule is Cc1ccc(S(=O)(=O)N2CCN(CC(=O)NNC(=O)c3ccco3)CC2)cc1. The fourth-order valence-corrected chi connectivity index (χ4v) is 4.25. The van der Waals surface area contributed by atoms with Crippen LogP contribution in [0.5, 0.6) is 0 Å². The third kappa shape index (κ3) is 4.77. The molecule has 1 saturated heterocycles. The van der Waals surface area contributed by atoms with Gasteiger partial charge in [0.25, 0.3) is 5.91 Å². The first-order valence-electron chi connectivity index (χ1n) is 8.78. The lowest BCUT2D eigenvalue weighted by Crippen LogP contribution is -2.52. The number of nitrogens with one attached hydrogen (secondary N) is 2. The first-order chi connectivity index (χ1) is 13.4. The van der Waals surface area contributed by atoms with Crippen LogP contribution in [-0.4, -0.2) is 62.2 Å². The van der Waals surface area contributed by atoms with E-state index >= 15 is 0 Å². The number of hydrazine groups is 1. The van der Waals surface area contributed by atoms with E-state index in [1.165, 1.54) is 16.6 Å². The summed E-state index contributed by atoms with van der Waals surface area (Å²) >= 11 is 0. The lowest BCUT2D eigenvalue weighted by Gasteiger charge is -2.33. The summed E-state index contributed by atoms with van der Waals surface area (Å²) in [6.45, 7) is 3.38. The summed E-state index contributed by atoms with van der Waals surface area (Å²) < 4.78 is 31.7. The molecule has 2 N–H and O–H groups in total. The number of nitrogens with zero attached hydrogens (tertiary/aromatic N) is 2. The van der Waals surface area contributed by atoms with Crippen molar-refractivity contribution in [1.82, 2.24) is 20.1 Å². The van der Waals surface area contributed by atoms with E-state index in [4.69, 9.17) is 4.42 Å². The highest BCUT2D eigenvalue weighted by atomic mass is 32.2. The summed E-state index contributed by atoms with van der Waals surface area (Å²) in [7, 11) is -3.54. The summed E-state index contributed by atoms with van der Waals surface area (Å²) in [5, 5.41) is 0. The highest BCUT2D eigenvalue weighted by Gasteiger charge is 2.29. The van der Waals surface area contributed by atoms with Gasteiger partial charge in [-0.05, 0) is 31.2 Å². The van der Waals surface area contributed by atoms with Crippen LogP contribution in [0.1, 0.15) is 16.1 Å². The second kappa shape index (κ2) is 8.55. The molecule has 0 unspecified atom stereocenters. The third-order valence-corrected chi connectivity index (χ3v) is 6.33. The van der Waals surface area contributed by atoms with E-state index in [1.54, 1.807) is 30.3 Å². The molecular weight excluding hydrogens is 384 g/mol. The molecule has 0 aliphatic carbocycles. The molecule has 0 saturated carbocycles. The Labute approximate surface area is 163 Å². The molecule has 10 heteroatoms. The second-order valence-corrected chi connectivity index (χ2v) is 8.41. The van der Waals surface area contributed by atoms with E-state index in [1.807, 2.05) is 11.8 Å². The van der Waals surface area contributed by atoms with Gasteiger partial charge in [0.2, 0.25) is 10.0 Å². The number of carbonyl (C=O) groups excluding carboxylic acids is 2. The van der Waals surface area contributed by atoms with Crippen molar-refractivity contribution >= 4 is 21.8 Å². The van der Waals surface area contributed by atoms with Gasteiger partial charge in [-0.15, -0.1) is 0 Å². The minimum absolute atomic E-state index is 0.0524. The first kappa shape index (κ1) is 20.1. The number of hydrogen-bond acceptors (Lipinski definition) is 6. The molecule has 9 nitrogen and oxygen atoms in total. The molecule has 1 aliphatic rings. The first-order valence-corrected chi connectivity index (χ1v) is 10.2. The summed E-state index contributed by atoms with van der Waals surface area (Å²) in [6, 6.07) is 9.80. The molecule has 0 spiro atoms.